The van der Waals surface area contributed by atoms with Gasteiger partial charge in [0.2, 0.25) is 11.8 Å². The number of pyridine rings is 1. The van der Waals surface area contributed by atoms with Gasteiger partial charge in [0, 0.05) is 24.5 Å². The third kappa shape index (κ3) is 4.18. The maximum absolute atomic E-state index is 13.3. The van der Waals surface area contributed by atoms with Crippen molar-refractivity contribution >= 4 is 45.7 Å². The van der Waals surface area contributed by atoms with Crippen molar-refractivity contribution in [2.75, 3.05) is 23.5 Å². The fourth-order valence-corrected chi connectivity index (χ4v) is 4.92. The van der Waals surface area contributed by atoms with Crippen LogP contribution in [0.1, 0.15) is 24.7 Å². The number of carbonyl (C=O) groups excluding carboxylic acids is 2. The molecule has 2 atom stereocenters. The molecule has 2 unspecified atom stereocenters. The highest BCUT2D eigenvalue weighted by atomic mass is 32.2. The van der Waals surface area contributed by atoms with E-state index in [4.69, 9.17) is 0 Å². The fraction of sp³-hybridized carbons (Fsp3) is 0.280. The van der Waals surface area contributed by atoms with E-state index in [0.717, 1.165) is 34.3 Å². The Labute approximate surface area is 196 Å². The van der Waals surface area contributed by atoms with Crippen molar-refractivity contribution in [3.63, 3.8) is 0 Å². The molecule has 1 aliphatic heterocycles. The number of benzene rings is 2. The second kappa shape index (κ2) is 9.23. The van der Waals surface area contributed by atoms with Crippen molar-refractivity contribution in [2.24, 2.45) is 5.92 Å². The molecule has 0 radical (unpaired) electrons. The molecule has 2 amide bonds. The van der Waals surface area contributed by atoms with Gasteiger partial charge in [-0.05, 0) is 42.0 Å². The van der Waals surface area contributed by atoms with Crippen molar-refractivity contribution in [3.8, 4) is 0 Å². The first kappa shape index (κ1) is 21.5. The highest BCUT2D eigenvalue weighted by Crippen LogP contribution is 2.32. The number of nitrogens with one attached hydrogen (secondary N) is 1. The maximum Gasteiger partial charge on any atom is 0.227 e. The minimum absolute atomic E-state index is 0.0277. The largest absolute Gasteiger partial charge is 0.346 e. The zero-order chi connectivity index (χ0) is 22.8. The molecule has 1 fully saturated rings. The van der Waals surface area contributed by atoms with E-state index < -0.39 is 5.92 Å². The first-order valence-electron chi connectivity index (χ1n) is 11.0. The Morgan fingerprint density at radius 2 is 1.94 bits per heavy atom. The summed E-state index contributed by atoms with van der Waals surface area (Å²) in [7, 11) is 0. The second-order valence-corrected chi connectivity index (χ2v) is 9.22. The van der Waals surface area contributed by atoms with E-state index in [0.29, 0.717) is 12.4 Å². The third-order valence-corrected chi connectivity index (χ3v) is 6.78. The molecule has 1 N–H and O–H groups in total. The number of amides is 2. The zero-order valence-corrected chi connectivity index (χ0v) is 19.2. The Bertz CT molecular complexity index is 1320. The van der Waals surface area contributed by atoms with Crippen LogP contribution in [0.15, 0.2) is 66.9 Å². The number of thioether (sulfide) groups is 1. The Kier molecular flexibility index (Phi) is 6.00. The van der Waals surface area contributed by atoms with E-state index in [2.05, 4.69) is 15.5 Å². The molecule has 0 spiro atoms. The number of aromatic nitrogens is 3. The summed E-state index contributed by atoms with van der Waals surface area (Å²) in [5.74, 6) is 1.03. The van der Waals surface area contributed by atoms with Gasteiger partial charge in [-0.3, -0.25) is 14.0 Å². The molecule has 5 rings (SSSR count). The number of nitrogens with zero attached hydrogens (tertiary/aromatic N) is 4. The smallest absolute Gasteiger partial charge is 0.227 e. The van der Waals surface area contributed by atoms with Crippen molar-refractivity contribution in [1.29, 1.82) is 0 Å². The number of anilines is 1. The van der Waals surface area contributed by atoms with Gasteiger partial charge in [-0.25, -0.2) is 0 Å². The summed E-state index contributed by atoms with van der Waals surface area (Å²) in [4.78, 5) is 27.9. The monoisotopic (exact) mass is 459 g/mol. The average Bonchev–Trinajstić information content (AvgIpc) is 3.45. The molecular weight excluding hydrogens is 434 g/mol. The molecule has 168 valence electrons. The average molecular weight is 460 g/mol. The van der Waals surface area contributed by atoms with Crippen molar-refractivity contribution in [3.05, 3.63) is 72.7 Å². The molecule has 1 aliphatic rings. The molecule has 0 bridgehead atoms. The summed E-state index contributed by atoms with van der Waals surface area (Å²) in [6.07, 6.45) is 4.88. The minimum atomic E-state index is -0.410. The lowest BCUT2D eigenvalue weighted by molar-refractivity contribution is -0.127. The SMILES string of the molecule is CSCCC(NC(=O)C1CC(=O)N(c2cccc3ccccc23)C1)c1nnc2ccccn12. The van der Waals surface area contributed by atoms with Crippen LogP contribution in [-0.2, 0) is 9.59 Å². The van der Waals surface area contributed by atoms with Crippen LogP contribution in [-0.4, -0.2) is 45.0 Å². The Morgan fingerprint density at radius 1 is 1.12 bits per heavy atom. The number of rotatable bonds is 7. The molecule has 33 heavy (non-hydrogen) atoms. The molecule has 1 saturated heterocycles. The van der Waals surface area contributed by atoms with E-state index in [1.807, 2.05) is 77.5 Å². The number of hydrogen-bond acceptors (Lipinski definition) is 5. The number of fused-ring (bicyclic) bond motifs is 2. The van der Waals surface area contributed by atoms with Gasteiger partial charge in [0.25, 0.3) is 0 Å². The number of hydrogen-bond donors (Lipinski definition) is 1. The second-order valence-electron chi connectivity index (χ2n) is 8.23. The fourth-order valence-electron chi connectivity index (χ4n) is 4.45. The first-order valence-corrected chi connectivity index (χ1v) is 12.4. The molecule has 7 nitrogen and oxygen atoms in total. The summed E-state index contributed by atoms with van der Waals surface area (Å²) in [6.45, 7) is 0.370. The molecular formula is C25H25N5O2S. The van der Waals surface area contributed by atoms with Crippen molar-refractivity contribution in [2.45, 2.75) is 18.9 Å². The highest BCUT2D eigenvalue weighted by molar-refractivity contribution is 7.98. The van der Waals surface area contributed by atoms with Crippen molar-refractivity contribution in [1.82, 2.24) is 19.9 Å². The summed E-state index contributed by atoms with van der Waals surface area (Å²) < 4.78 is 1.91. The van der Waals surface area contributed by atoms with Crippen LogP contribution in [0.5, 0.6) is 0 Å². The van der Waals surface area contributed by atoms with Gasteiger partial charge >= 0.3 is 0 Å². The van der Waals surface area contributed by atoms with E-state index >= 15 is 0 Å². The van der Waals surface area contributed by atoms with Crippen LogP contribution in [0.2, 0.25) is 0 Å². The van der Waals surface area contributed by atoms with Crippen molar-refractivity contribution < 1.29 is 9.59 Å². The van der Waals surface area contributed by atoms with Gasteiger partial charge in [0.15, 0.2) is 11.5 Å². The standard InChI is InChI=1S/C25H25N5O2S/c1-33-14-12-20(24-28-27-22-11-4-5-13-29(22)24)26-25(32)18-15-23(31)30(16-18)21-10-6-8-17-7-2-3-9-19(17)21/h2-11,13,18,20H,12,14-16H2,1H3,(H,26,32). The lowest BCUT2D eigenvalue weighted by Gasteiger charge is -2.21. The van der Waals surface area contributed by atoms with Gasteiger partial charge in [0.05, 0.1) is 17.6 Å². The normalized spacial score (nSPS) is 17.1. The van der Waals surface area contributed by atoms with Gasteiger partial charge < -0.3 is 10.2 Å². The van der Waals surface area contributed by atoms with Gasteiger partial charge in [-0.1, -0.05) is 42.5 Å². The maximum atomic E-state index is 13.3. The summed E-state index contributed by atoms with van der Waals surface area (Å²) >= 11 is 1.72. The topological polar surface area (TPSA) is 79.6 Å². The molecule has 2 aromatic carbocycles. The minimum Gasteiger partial charge on any atom is -0.346 e. The summed E-state index contributed by atoms with van der Waals surface area (Å²) in [6, 6.07) is 19.4. The molecule has 4 aromatic rings. The predicted molar refractivity (Wildman–Crippen MR) is 131 cm³/mol. The van der Waals surface area contributed by atoms with Gasteiger partial charge in [-0.15, -0.1) is 10.2 Å². The lowest BCUT2D eigenvalue weighted by atomic mass is 10.1. The Balaban J connectivity index is 1.37. The Hall–Kier alpha value is -3.39. The molecule has 3 heterocycles. The van der Waals surface area contributed by atoms with E-state index in [9.17, 15) is 9.59 Å². The molecule has 0 aliphatic carbocycles. The summed E-state index contributed by atoms with van der Waals surface area (Å²) in [5.41, 5.74) is 1.60. The molecule has 2 aromatic heterocycles. The highest BCUT2D eigenvalue weighted by Gasteiger charge is 2.37. The van der Waals surface area contributed by atoms with Crippen LogP contribution in [0.3, 0.4) is 0 Å². The number of carbonyl (C=O) groups is 2. The zero-order valence-electron chi connectivity index (χ0n) is 18.3. The van der Waals surface area contributed by atoms with Crippen LogP contribution < -0.4 is 10.2 Å². The van der Waals surface area contributed by atoms with E-state index in [1.54, 1.807) is 16.7 Å². The van der Waals surface area contributed by atoms with Crippen LogP contribution >= 0.6 is 11.8 Å². The van der Waals surface area contributed by atoms with Crippen LogP contribution in [0, 0.1) is 5.92 Å². The predicted octanol–water partition coefficient (Wildman–Crippen LogP) is 3.85. The van der Waals surface area contributed by atoms with Gasteiger partial charge in [-0.2, -0.15) is 11.8 Å². The van der Waals surface area contributed by atoms with E-state index in [-0.39, 0.29) is 24.3 Å². The van der Waals surface area contributed by atoms with E-state index in [1.165, 1.54) is 0 Å². The Morgan fingerprint density at radius 3 is 2.82 bits per heavy atom. The molecule has 0 saturated carbocycles. The first-order chi connectivity index (χ1) is 16.2. The van der Waals surface area contributed by atoms with Crippen LogP contribution in [0.25, 0.3) is 16.4 Å². The molecule has 8 heteroatoms. The van der Waals surface area contributed by atoms with Crippen LogP contribution in [0.4, 0.5) is 5.69 Å². The summed E-state index contributed by atoms with van der Waals surface area (Å²) in [5, 5.41) is 13.8. The third-order valence-electron chi connectivity index (χ3n) is 6.13. The lowest BCUT2D eigenvalue weighted by Crippen LogP contribution is -2.36. The van der Waals surface area contributed by atoms with Gasteiger partial charge in [0.1, 0.15) is 0 Å². The quantitative estimate of drug-likeness (QED) is 0.454.